The highest BCUT2D eigenvalue weighted by Gasteiger charge is 2.49. The summed E-state index contributed by atoms with van der Waals surface area (Å²) in [6.45, 7) is 0.967. The van der Waals surface area contributed by atoms with Crippen molar-refractivity contribution in [2.75, 3.05) is 14.2 Å². The van der Waals surface area contributed by atoms with Gasteiger partial charge in [-0.15, -0.1) is 0 Å². The Labute approximate surface area is 173 Å². The monoisotopic (exact) mass is 412 g/mol. The molecule has 0 aliphatic heterocycles. The molecule has 2 N–H and O–H groups in total. The molecule has 162 valence electrons. The Balaban J connectivity index is 0.000000316. The molecule has 8 heteroatoms. The van der Waals surface area contributed by atoms with Crippen molar-refractivity contribution in [2.24, 2.45) is 28.6 Å². The van der Waals surface area contributed by atoms with E-state index in [1.54, 1.807) is 6.92 Å². The van der Waals surface area contributed by atoms with Crippen molar-refractivity contribution in [3.8, 4) is 0 Å². The van der Waals surface area contributed by atoms with Gasteiger partial charge in [0.05, 0.1) is 37.4 Å². The fourth-order valence-corrected chi connectivity index (χ4v) is 3.35. The largest absolute Gasteiger partial charge is 0.481 e. The molecular formula is C21H30O8. The number of esters is 2. The minimum atomic E-state index is -1.46. The molecule has 0 heterocycles. The lowest BCUT2D eigenvalue weighted by Gasteiger charge is -2.43. The van der Waals surface area contributed by atoms with Crippen LogP contribution in [-0.4, -0.2) is 48.3 Å². The van der Waals surface area contributed by atoms with Crippen LogP contribution in [0, 0.1) is 28.6 Å². The van der Waals surface area contributed by atoms with Crippen molar-refractivity contribution >= 4 is 23.9 Å². The third-order valence-electron chi connectivity index (χ3n) is 5.50. The van der Waals surface area contributed by atoms with E-state index in [4.69, 9.17) is 7.85 Å². The number of allylic oxidation sites excluding steroid dienone is 2. The summed E-state index contributed by atoms with van der Waals surface area (Å²) in [5, 5.41) is 18.2. The van der Waals surface area contributed by atoms with Gasteiger partial charge in [-0.25, -0.2) is 0 Å². The van der Waals surface area contributed by atoms with E-state index in [9.17, 15) is 24.3 Å². The number of carboxylic acids is 2. The first-order valence-electron chi connectivity index (χ1n) is 10.5. The van der Waals surface area contributed by atoms with Crippen LogP contribution in [0.4, 0.5) is 0 Å². The second-order valence-corrected chi connectivity index (χ2v) is 7.55. The SMILES string of the molecule is COC(=O)[C@@H]1CC=CC[C@H]1C(=O)OC.[2H]C[C@]1(C)CC(C(=O)O)C=C[C@@]1(C[2H])C(=O)O. The van der Waals surface area contributed by atoms with E-state index in [1.165, 1.54) is 26.4 Å². The van der Waals surface area contributed by atoms with Gasteiger partial charge in [0.25, 0.3) is 0 Å². The van der Waals surface area contributed by atoms with Gasteiger partial charge in [0, 0.05) is 2.74 Å². The topological polar surface area (TPSA) is 127 Å². The number of hydrogen-bond donors (Lipinski definition) is 2. The molecular weight excluding hydrogens is 380 g/mol. The van der Waals surface area contributed by atoms with E-state index in [1.807, 2.05) is 12.2 Å². The van der Waals surface area contributed by atoms with E-state index in [0.29, 0.717) is 12.8 Å². The van der Waals surface area contributed by atoms with E-state index in [2.05, 4.69) is 9.47 Å². The summed E-state index contributed by atoms with van der Waals surface area (Å²) in [6, 6.07) is 0. The maximum absolute atomic E-state index is 11.4. The molecule has 8 nitrogen and oxygen atoms in total. The predicted octanol–water partition coefficient (Wildman–Crippen LogP) is 2.68. The van der Waals surface area contributed by atoms with Crippen LogP contribution in [-0.2, 0) is 28.7 Å². The van der Waals surface area contributed by atoms with Crippen molar-refractivity contribution in [3.63, 3.8) is 0 Å². The number of carboxylic acid groups (broad SMARTS) is 2. The molecule has 0 saturated heterocycles. The maximum Gasteiger partial charge on any atom is 0.313 e. The molecule has 0 fully saturated rings. The normalized spacial score (nSPS) is 34.0. The number of carbonyl (C=O) groups excluding carboxylic acids is 2. The minimum absolute atomic E-state index is 0.0769. The Morgan fingerprint density at radius 2 is 1.52 bits per heavy atom. The van der Waals surface area contributed by atoms with Crippen LogP contribution in [0.25, 0.3) is 0 Å². The van der Waals surface area contributed by atoms with Crippen LogP contribution >= 0.6 is 0 Å². The Morgan fingerprint density at radius 3 is 1.86 bits per heavy atom. The molecule has 2 aliphatic rings. The zero-order valence-corrected chi connectivity index (χ0v) is 16.9. The number of rotatable bonds is 4. The standard InChI is InChI=1S/C11H16O4.C10H14O4/c1-10(2)6-7(8(12)13)4-5-11(10,3)9(14)15;1-13-9(11)7-5-3-4-6-8(7)10(12)14-2/h4-5,7H,6H2,1-3H3,(H,12,13)(H,14,15);3-4,7-8H,5-6H2,1-2H3/t7?,11-;7-,8-/m01/s1/i1D,3D;/t7?,10-,11-;. The van der Waals surface area contributed by atoms with E-state index in [0.717, 1.165) is 0 Å². The first-order valence-corrected chi connectivity index (χ1v) is 9.08. The highest BCUT2D eigenvalue weighted by Crippen LogP contribution is 2.48. The molecule has 0 spiro atoms. The molecule has 0 aromatic rings. The van der Waals surface area contributed by atoms with Crippen molar-refractivity contribution in [3.05, 3.63) is 24.3 Å². The first-order chi connectivity index (χ1) is 14.5. The quantitative estimate of drug-likeness (QED) is 0.533. The molecule has 1 unspecified atom stereocenters. The summed E-state index contributed by atoms with van der Waals surface area (Å²) < 4.78 is 24.2. The van der Waals surface area contributed by atoms with E-state index >= 15 is 0 Å². The van der Waals surface area contributed by atoms with Gasteiger partial charge >= 0.3 is 23.9 Å². The molecule has 2 rings (SSSR count). The number of carbonyl (C=O) groups is 4. The third-order valence-corrected chi connectivity index (χ3v) is 5.50. The van der Waals surface area contributed by atoms with Crippen LogP contribution in [0.15, 0.2) is 24.3 Å². The average Bonchev–Trinajstić information content (AvgIpc) is 2.78. The summed E-state index contributed by atoms with van der Waals surface area (Å²) in [5.74, 6) is -4.43. The molecule has 5 atom stereocenters. The van der Waals surface area contributed by atoms with Crippen LogP contribution in [0.2, 0.25) is 0 Å². The highest BCUT2D eigenvalue weighted by atomic mass is 16.5. The summed E-state index contributed by atoms with van der Waals surface area (Å²) in [5.41, 5.74) is -2.49. The van der Waals surface area contributed by atoms with Crippen LogP contribution in [0.5, 0.6) is 0 Å². The van der Waals surface area contributed by atoms with Gasteiger partial charge in [0.15, 0.2) is 0 Å². The Bertz CT molecular complexity index is 724. The fourth-order valence-electron chi connectivity index (χ4n) is 3.35. The molecule has 0 bridgehead atoms. The second kappa shape index (κ2) is 9.71. The summed E-state index contributed by atoms with van der Waals surface area (Å²) in [6.07, 6.45) is 7.58. The average molecular weight is 412 g/mol. The summed E-state index contributed by atoms with van der Waals surface area (Å²) in [4.78, 5) is 44.9. The molecule has 0 amide bonds. The van der Waals surface area contributed by atoms with Crippen molar-refractivity contribution in [2.45, 2.75) is 40.0 Å². The van der Waals surface area contributed by atoms with Gasteiger partial charge in [-0.3, -0.25) is 19.2 Å². The number of methoxy groups -OCH3 is 2. The van der Waals surface area contributed by atoms with Crippen LogP contribution in [0.3, 0.4) is 0 Å². The first kappa shape index (κ1) is 21.1. The molecule has 2 aliphatic carbocycles. The van der Waals surface area contributed by atoms with E-state index < -0.39 is 40.5 Å². The fraction of sp³-hybridized carbons (Fsp3) is 0.619. The Hall–Kier alpha value is -2.64. The van der Waals surface area contributed by atoms with Gasteiger partial charge in [-0.2, -0.15) is 0 Å². The van der Waals surface area contributed by atoms with Gasteiger partial charge < -0.3 is 19.7 Å². The van der Waals surface area contributed by atoms with Gasteiger partial charge in [0.1, 0.15) is 0 Å². The van der Waals surface area contributed by atoms with Crippen LogP contribution in [0.1, 0.15) is 42.7 Å². The third kappa shape index (κ3) is 5.46. The smallest absolute Gasteiger partial charge is 0.313 e. The number of aliphatic carboxylic acids is 2. The number of ether oxygens (including phenoxy) is 2. The Morgan fingerprint density at radius 1 is 1.00 bits per heavy atom. The minimum Gasteiger partial charge on any atom is -0.481 e. The lowest BCUT2D eigenvalue weighted by atomic mass is 9.59. The molecule has 29 heavy (non-hydrogen) atoms. The lowest BCUT2D eigenvalue weighted by Crippen LogP contribution is -2.45. The van der Waals surface area contributed by atoms with Gasteiger partial charge in [0.2, 0.25) is 0 Å². The molecule has 0 aromatic heterocycles. The van der Waals surface area contributed by atoms with Crippen molar-refractivity contribution in [1.29, 1.82) is 0 Å². The maximum atomic E-state index is 11.4. The van der Waals surface area contributed by atoms with Gasteiger partial charge in [-0.05, 0) is 31.6 Å². The molecule has 0 radical (unpaired) electrons. The highest BCUT2D eigenvalue weighted by molar-refractivity contribution is 5.82. The zero-order chi connectivity index (χ0) is 23.8. The zero-order valence-electron chi connectivity index (χ0n) is 18.9. The summed E-state index contributed by atoms with van der Waals surface area (Å²) in [7, 11) is 2.66. The van der Waals surface area contributed by atoms with Crippen molar-refractivity contribution in [1.82, 2.24) is 0 Å². The Kier molecular flexibility index (Phi) is 7.06. The summed E-state index contributed by atoms with van der Waals surface area (Å²) >= 11 is 0. The molecule has 0 saturated carbocycles. The molecule has 0 aromatic carbocycles. The lowest BCUT2D eigenvalue weighted by molar-refractivity contribution is -0.157. The van der Waals surface area contributed by atoms with Crippen LogP contribution < -0.4 is 0 Å². The van der Waals surface area contributed by atoms with Crippen molar-refractivity contribution < 1.29 is 41.6 Å². The number of hydrogen-bond acceptors (Lipinski definition) is 6. The van der Waals surface area contributed by atoms with Gasteiger partial charge in [-0.1, -0.05) is 38.1 Å². The second-order valence-electron chi connectivity index (χ2n) is 7.55. The van der Waals surface area contributed by atoms with E-state index in [-0.39, 0.29) is 32.2 Å². The predicted molar refractivity (Wildman–Crippen MR) is 104 cm³/mol.